The normalized spacial score (nSPS) is 14.3. The van der Waals surface area contributed by atoms with Crippen molar-refractivity contribution in [2.75, 3.05) is 43.0 Å². The van der Waals surface area contributed by atoms with E-state index in [9.17, 15) is 4.79 Å². The highest BCUT2D eigenvalue weighted by Crippen LogP contribution is 2.19. The molecule has 2 aromatic rings. The number of nitrogens with one attached hydrogen (secondary N) is 1. The van der Waals surface area contributed by atoms with Crippen molar-refractivity contribution < 1.29 is 9.53 Å². The number of piperazine rings is 1. The quantitative estimate of drug-likeness (QED) is 0.912. The van der Waals surface area contributed by atoms with Crippen molar-refractivity contribution in [3.8, 4) is 0 Å². The van der Waals surface area contributed by atoms with Crippen molar-refractivity contribution >= 4 is 23.5 Å². The molecule has 0 bridgehead atoms. The van der Waals surface area contributed by atoms with E-state index in [4.69, 9.17) is 4.74 Å². The highest BCUT2D eigenvalue weighted by molar-refractivity contribution is 5.68. The maximum absolute atomic E-state index is 11.8. The summed E-state index contributed by atoms with van der Waals surface area (Å²) < 4.78 is 5.04. The molecule has 1 aromatic carbocycles. The summed E-state index contributed by atoms with van der Waals surface area (Å²) in [5.41, 5.74) is 2.06. The Balaban J connectivity index is 1.64. The number of anilines is 3. The number of aryl methyl sites for hydroxylation is 1. The van der Waals surface area contributed by atoms with Crippen molar-refractivity contribution in [2.24, 2.45) is 0 Å². The lowest BCUT2D eigenvalue weighted by atomic mass is 10.2. The van der Waals surface area contributed by atoms with Crippen molar-refractivity contribution in [2.45, 2.75) is 13.8 Å². The first-order valence-electron chi connectivity index (χ1n) is 8.36. The van der Waals surface area contributed by atoms with Crippen LogP contribution in [-0.4, -0.2) is 59.0 Å². The first-order valence-corrected chi connectivity index (χ1v) is 8.36. The number of benzene rings is 1. The second-order valence-electron chi connectivity index (χ2n) is 5.75. The van der Waals surface area contributed by atoms with Crippen LogP contribution in [0.5, 0.6) is 0 Å². The van der Waals surface area contributed by atoms with Crippen molar-refractivity contribution in [3.63, 3.8) is 0 Å². The van der Waals surface area contributed by atoms with Gasteiger partial charge >= 0.3 is 6.09 Å². The molecule has 25 heavy (non-hydrogen) atoms. The molecule has 132 valence electrons. The molecule has 8 heteroatoms. The van der Waals surface area contributed by atoms with Gasteiger partial charge < -0.3 is 19.9 Å². The van der Waals surface area contributed by atoms with Gasteiger partial charge in [-0.05, 0) is 25.5 Å². The molecular formula is C17H22N6O2. The van der Waals surface area contributed by atoms with Crippen molar-refractivity contribution in [1.82, 2.24) is 20.1 Å². The molecule has 1 N–H and O–H groups in total. The molecule has 8 nitrogen and oxygen atoms in total. The number of carbonyl (C=O) groups excluding carboxylic acids is 1. The third-order valence-electron chi connectivity index (χ3n) is 4.07. The monoisotopic (exact) mass is 342 g/mol. The fourth-order valence-electron chi connectivity index (χ4n) is 2.67. The van der Waals surface area contributed by atoms with Gasteiger partial charge in [-0.15, -0.1) is 5.10 Å². The smallest absolute Gasteiger partial charge is 0.409 e. The fraction of sp³-hybridized carbons (Fsp3) is 0.412. The van der Waals surface area contributed by atoms with Crippen LogP contribution in [0.25, 0.3) is 0 Å². The maximum Gasteiger partial charge on any atom is 0.409 e. The average molecular weight is 342 g/mol. The number of ether oxygens (including phenoxy) is 1. The topological polar surface area (TPSA) is 83.5 Å². The molecule has 0 aliphatic carbocycles. The standard InChI is InChI=1S/C17H22N6O2/c1-3-25-17(24)23-10-8-22(9-11-23)15-12-18-21-16(20-15)19-14-7-5-4-6-13(14)2/h4-7,12H,3,8-11H2,1-2H3,(H,19,20,21). The third kappa shape index (κ3) is 4.14. The van der Waals surface area contributed by atoms with Crippen LogP contribution in [0.4, 0.5) is 22.2 Å². The van der Waals surface area contributed by atoms with Gasteiger partial charge in [-0.3, -0.25) is 0 Å². The molecule has 1 fully saturated rings. The predicted octanol–water partition coefficient (Wildman–Crippen LogP) is 2.20. The highest BCUT2D eigenvalue weighted by Gasteiger charge is 2.23. The number of nitrogens with zero attached hydrogens (tertiary/aromatic N) is 5. The zero-order chi connectivity index (χ0) is 17.6. The molecule has 0 radical (unpaired) electrons. The van der Waals surface area contributed by atoms with E-state index >= 15 is 0 Å². The Bertz CT molecular complexity index is 731. The van der Waals surface area contributed by atoms with Gasteiger partial charge in [0.15, 0.2) is 5.82 Å². The van der Waals surface area contributed by atoms with E-state index in [0.29, 0.717) is 38.7 Å². The van der Waals surface area contributed by atoms with E-state index in [1.165, 1.54) is 0 Å². The number of para-hydroxylation sites is 1. The van der Waals surface area contributed by atoms with Gasteiger partial charge in [0.1, 0.15) is 0 Å². The van der Waals surface area contributed by atoms with Gasteiger partial charge in [-0.25, -0.2) is 4.79 Å². The van der Waals surface area contributed by atoms with Crippen molar-refractivity contribution in [3.05, 3.63) is 36.0 Å². The molecule has 1 amide bonds. The minimum atomic E-state index is -0.259. The first kappa shape index (κ1) is 16.9. The van der Waals surface area contributed by atoms with Crippen LogP contribution in [0.2, 0.25) is 0 Å². The molecular weight excluding hydrogens is 320 g/mol. The van der Waals surface area contributed by atoms with Crippen LogP contribution in [0.1, 0.15) is 12.5 Å². The fourth-order valence-corrected chi connectivity index (χ4v) is 2.67. The molecule has 1 aromatic heterocycles. The predicted molar refractivity (Wildman–Crippen MR) is 95.1 cm³/mol. The molecule has 3 rings (SSSR count). The van der Waals surface area contributed by atoms with Crippen LogP contribution in [0, 0.1) is 6.92 Å². The molecule has 2 heterocycles. The largest absolute Gasteiger partial charge is 0.450 e. The summed E-state index contributed by atoms with van der Waals surface area (Å²) >= 11 is 0. The van der Waals surface area contributed by atoms with E-state index in [0.717, 1.165) is 17.1 Å². The summed E-state index contributed by atoms with van der Waals surface area (Å²) in [4.78, 5) is 20.1. The first-order chi connectivity index (χ1) is 12.2. The maximum atomic E-state index is 11.8. The molecule has 0 saturated carbocycles. The second-order valence-corrected chi connectivity index (χ2v) is 5.75. The molecule has 0 unspecified atom stereocenters. The minimum absolute atomic E-state index is 0.259. The Morgan fingerprint density at radius 2 is 2.00 bits per heavy atom. The Morgan fingerprint density at radius 3 is 2.72 bits per heavy atom. The summed E-state index contributed by atoms with van der Waals surface area (Å²) in [6, 6.07) is 7.94. The van der Waals surface area contributed by atoms with Crippen LogP contribution in [0.3, 0.4) is 0 Å². The van der Waals surface area contributed by atoms with E-state index in [2.05, 4.69) is 25.4 Å². The van der Waals surface area contributed by atoms with Gasteiger partial charge in [0.2, 0.25) is 5.95 Å². The van der Waals surface area contributed by atoms with Crippen LogP contribution in [0.15, 0.2) is 30.5 Å². The second kappa shape index (κ2) is 7.78. The van der Waals surface area contributed by atoms with Crippen LogP contribution >= 0.6 is 0 Å². The number of aromatic nitrogens is 3. The minimum Gasteiger partial charge on any atom is -0.450 e. The Kier molecular flexibility index (Phi) is 5.27. The van der Waals surface area contributed by atoms with E-state index in [-0.39, 0.29) is 6.09 Å². The zero-order valence-corrected chi connectivity index (χ0v) is 14.5. The Morgan fingerprint density at radius 1 is 1.24 bits per heavy atom. The van der Waals surface area contributed by atoms with Gasteiger partial charge in [0.25, 0.3) is 0 Å². The van der Waals surface area contributed by atoms with Crippen LogP contribution < -0.4 is 10.2 Å². The van der Waals surface area contributed by atoms with Gasteiger partial charge in [-0.1, -0.05) is 18.2 Å². The molecule has 0 atom stereocenters. The summed E-state index contributed by atoms with van der Waals surface area (Å²) in [6.45, 7) is 6.79. The molecule has 1 aliphatic rings. The number of hydrogen-bond donors (Lipinski definition) is 1. The summed E-state index contributed by atoms with van der Waals surface area (Å²) in [7, 11) is 0. The van der Waals surface area contributed by atoms with E-state index in [1.807, 2.05) is 38.1 Å². The Labute approximate surface area is 146 Å². The number of rotatable bonds is 4. The van der Waals surface area contributed by atoms with Crippen LogP contribution in [-0.2, 0) is 4.74 Å². The Hall–Kier alpha value is -2.90. The lowest BCUT2D eigenvalue weighted by Gasteiger charge is -2.34. The number of amides is 1. The lowest BCUT2D eigenvalue weighted by molar-refractivity contribution is 0.105. The van der Waals surface area contributed by atoms with Gasteiger partial charge in [0, 0.05) is 31.9 Å². The van der Waals surface area contributed by atoms with Gasteiger partial charge in [0.05, 0.1) is 12.8 Å². The highest BCUT2D eigenvalue weighted by atomic mass is 16.6. The summed E-state index contributed by atoms with van der Waals surface area (Å²) in [6.07, 6.45) is 1.38. The molecule has 1 saturated heterocycles. The molecule has 0 spiro atoms. The molecule has 1 aliphatic heterocycles. The summed E-state index contributed by atoms with van der Waals surface area (Å²) in [5, 5.41) is 11.3. The van der Waals surface area contributed by atoms with E-state index < -0.39 is 0 Å². The van der Waals surface area contributed by atoms with Crippen molar-refractivity contribution in [1.29, 1.82) is 0 Å². The van der Waals surface area contributed by atoms with Gasteiger partial charge in [-0.2, -0.15) is 10.1 Å². The summed E-state index contributed by atoms with van der Waals surface area (Å²) in [5.74, 6) is 1.20. The number of carbonyl (C=O) groups is 1. The third-order valence-corrected chi connectivity index (χ3v) is 4.07. The van der Waals surface area contributed by atoms with E-state index in [1.54, 1.807) is 11.1 Å². The average Bonchev–Trinajstić information content (AvgIpc) is 2.64. The lowest BCUT2D eigenvalue weighted by Crippen LogP contribution is -2.49. The SMILES string of the molecule is CCOC(=O)N1CCN(c2cnnc(Nc3ccccc3C)n2)CC1. The zero-order valence-electron chi connectivity index (χ0n) is 14.5. The number of hydrogen-bond acceptors (Lipinski definition) is 7.